The Morgan fingerprint density at radius 3 is 2.19 bits per heavy atom. The molecule has 0 heterocycles. The molecule has 0 fully saturated rings. The number of carboxylic acids is 2. The van der Waals surface area contributed by atoms with E-state index in [1.807, 2.05) is 11.4 Å². The number of benzene rings is 2. The molecule has 0 saturated heterocycles. The predicted molar refractivity (Wildman–Crippen MR) is 93.5 cm³/mol. The van der Waals surface area contributed by atoms with Gasteiger partial charge in [0.05, 0.1) is 5.56 Å². The van der Waals surface area contributed by atoms with E-state index in [9.17, 15) is 19.2 Å². The SMILES string of the molecule is Cc1ccccc1C(=O)Oc1ccc(C[C@@H](NC(=O)C(=O)O)C(=O)O)cc1. The first kappa shape index (κ1) is 19.6. The van der Waals surface area contributed by atoms with Crippen LogP contribution in [-0.4, -0.2) is 40.1 Å². The van der Waals surface area contributed by atoms with Gasteiger partial charge in [-0.1, -0.05) is 30.3 Å². The molecule has 2 aromatic rings. The number of amides is 1. The molecule has 1 atom stereocenters. The molecule has 3 N–H and O–H groups in total. The van der Waals surface area contributed by atoms with Crippen molar-refractivity contribution in [3.8, 4) is 5.75 Å². The topological polar surface area (TPSA) is 130 Å². The van der Waals surface area contributed by atoms with E-state index < -0.39 is 29.9 Å². The number of hydrogen-bond donors (Lipinski definition) is 3. The number of esters is 1. The molecule has 0 aliphatic heterocycles. The Kier molecular flexibility index (Phi) is 6.27. The van der Waals surface area contributed by atoms with Crippen molar-refractivity contribution in [3.63, 3.8) is 0 Å². The van der Waals surface area contributed by atoms with Crippen molar-refractivity contribution >= 4 is 23.8 Å². The highest BCUT2D eigenvalue weighted by Gasteiger charge is 2.23. The van der Waals surface area contributed by atoms with Crippen LogP contribution in [0.4, 0.5) is 0 Å². The largest absolute Gasteiger partial charge is 0.480 e. The molecule has 8 heteroatoms. The molecule has 140 valence electrons. The number of rotatable bonds is 6. The average molecular weight is 371 g/mol. The number of carbonyl (C=O) groups excluding carboxylic acids is 2. The molecule has 0 aliphatic rings. The normalized spacial score (nSPS) is 11.3. The van der Waals surface area contributed by atoms with Gasteiger partial charge < -0.3 is 20.3 Å². The van der Waals surface area contributed by atoms with Gasteiger partial charge in [-0.15, -0.1) is 0 Å². The van der Waals surface area contributed by atoms with Crippen LogP contribution >= 0.6 is 0 Å². The number of aryl methyl sites for hydroxylation is 1. The molecule has 2 rings (SSSR count). The Labute approximate surface area is 154 Å². The maximum Gasteiger partial charge on any atom is 0.394 e. The van der Waals surface area contributed by atoms with Crippen LogP contribution in [0.15, 0.2) is 48.5 Å². The molecular weight excluding hydrogens is 354 g/mol. The minimum atomic E-state index is -1.76. The molecule has 0 bridgehead atoms. The molecule has 1 amide bonds. The van der Waals surface area contributed by atoms with Crippen LogP contribution < -0.4 is 10.1 Å². The van der Waals surface area contributed by atoms with Gasteiger partial charge in [-0.3, -0.25) is 4.79 Å². The van der Waals surface area contributed by atoms with E-state index in [2.05, 4.69) is 0 Å². The van der Waals surface area contributed by atoms with Crippen molar-refractivity contribution < 1.29 is 34.1 Å². The summed E-state index contributed by atoms with van der Waals surface area (Å²) in [6, 6.07) is 11.6. The van der Waals surface area contributed by atoms with Crippen molar-refractivity contribution in [1.29, 1.82) is 0 Å². The van der Waals surface area contributed by atoms with Gasteiger partial charge in [0.15, 0.2) is 0 Å². The van der Waals surface area contributed by atoms with Gasteiger partial charge in [0.25, 0.3) is 0 Å². The molecular formula is C19H17NO7. The van der Waals surface area contributed by atoms with E-state index in [0.717, 1.165) is 5.56 Å². The maximum atomic E-state index is 12.2. The first-order valence-corrected chi connectivity index (χ1v) is 7.91. The predicted octanol–water partition coefficient (Wildman–Crippen LogP) is 1.41. The van der Waals surface area contributed by atoms with Gasteiger partial charge in [0, 0.05) is 6.42 Å². The van der Waals surface area contributed by atoms with Crippen LogP contribution in [0.3, 0.4) is 0 Å². The number of hydrogen-bond acceptors (Lipinski definition) is 5. The highest BCUT2D eigenvalue weighted by Crippen LogP contribution is 2.17. The van der Waals surface area contributed by atoms with Gasteiger partial charge in [-0.05, 0) is 36.2 Å². The summed E-state index contributed by atoms with van der Waals surface area (Å²) in [5.41, 5.74) is 1.73. The Morgan fingerprint density at radius 2 is 1.63 bits per heavy atom. The average Bonchev–Trinajstić information content (AvgIpc) is 2.62. The lowest BCUT2D eigenvalue weighted by Gasteiger charge is -2.13. The number of carbonyl (C=O) groups is 4. The van der Waals surface area contributed by atoms with Gasteiger partial charge >= 0.3 is 23.8 Å². The number of carboxylic acid groups (broad SMARTS) is 2. The van der Waals surface area contributed by atoms with Crippen LogP contribution in [0.2, 0.25) is 0 Å². The monoisotopic (exact) mass is 371 g/mol. The third-order valence-electron chi connectivity index (χ3n) is 3.74. The minimum Gasteiger partial charge on any atom is -0.480 e. The molecule has 0 aromatic heterocycles. The number of aliphatic carboxylic acids is 2. The summed E-state index contributed by atoms with van der Waals surface area (Å²) in [5.74, 6) is -4.77. The molecule has 0 aliphatic carbocycles. The lowest BCUT2D eigenvalue weighted by atomic mass is 10.1. The second-order valence-electron chi connectivity index (χ2n) is 5.72. The molecule has 0 spiro atoms. The molecule has 27 heavy (non-hydrogen) atoms. The molecule has 0 unspecified atom stereocenters. The number of ether oxygens (including phenoxy) is 1. The molecule has 2 aromatic carbocycles. The first-order valence-electron chi connectivity index (χ1n) is 7.91. The quantitative estimate of drug-likeness (QED) is 0.398. The number of nitrogens with one attached hydrogen (secondary N) is 1. The van der Waals surface area contributed by atoms with Crippen molar-refractivity contribution in [1.82, 2.24) is 5.32 Å². The fourth-order valence-electron chi connectivity index (χ4n) is 2.31. The Balaban J connectivity index is 2.04. The van der Waals surface area contributed by atoms with Crippen LogP contribution in [0.1, 0.15) is 21.5 Å². The minimum absolute atomic E-state index is 0.125. The molecule has 0 saturated carbocycles. The van der Waals surface area contributed by atoms with Crippen molar-refractivity contribution in [2.75, 3.05) is 0 Å². The fraction of sp³-hybridized carbons (Fsp3) is 0.158. The Morgan fingerprint density at radius 1 is 1.00 bits per heavy atom. The summed E-state index contributed by atoms with van der Waals surface area (Å²) in [5, 5.41) is 19.6. The van der Waals surface area contributed by atoms with Crippen LogP contribution in [0.5, 0.6) is 5.75 Å². The van der Waals surface area contributed by atoms with E-state index in [0.29, 0.717) is 11.1 Å². The second kappa shape index (κ2) is 8.61. The fourth-order valence-corrected chi connectivity index (χ4v) is 2.31. The van der Waals surface area contributed by atoms with Crippen molar-refractivity contribution in [3.05, 3.63) is 65.2 Å². The van der Waals surface area contributed by atoms with E-state index in [4.69, 9.17) is 14.9 Å². The zero-order valence-corrected chi connectivity index (χ0v) is 14.3. The lowest BCUT2D eigenvalue weighted by molar-refractivity contribution is -0.152. The first-order chi connectivity index (χ1) is 12.8. The summed E-state index contributed by atoms with van der Waals surface area (Å²) in [6.07, 6.45) is -0.125. The van der Waals surface area contributed by atoms with E-state index in [1.165, 1.54) is 24.3 Å². The van der Waals surface area contributed by atoms with Crippen LogP contribution in [-0.2, 0) is 20.8 Å². The third-order valence-corrected chi connectivity index (χ3v) is 3.74. The van der Waals surface area contributed by atoms with E-state index in [1.54, 1.807) is 25.1 Å². The van der Waals surface area contributed by atoms with Crippen molar-refractivity contribution in [2.45, 2.75) is 19.4 Å². The van der Waals surface area contributed by atoms with E-state index >= 15 is 0 Å². The van der Waals surface area contributed by atoms with Gasteiger partial charge in [-0.2, -0.15) is 0 Å². The lowest BCUT2D eigenvalue weighted by Crippen LogP contribution is -2.45. The Bertz CT molecular complexity index is 874. The van der Waals surface area contributed by atoms with E-state index in [-0.39, 0.29) is 12.2 Å². The highest BCUT2D eigenvalue weighted by atomic mass is 16.5. The maximum absolute atomic E-state index is 12.2. The smallest absolute Gasteiger partial charge is 0.394 e. The summed E-state index contributed by atoms with van der Waals surface area (Å²) in [6.45, 7) is 1.79. The summed E-state index contributed by atoms with van der Waals surface area (Å²) in [4.78, 5) is 45.1. The zero-order valence-electron chi connectivity index (χ0n) is 14.3. The standard InChI is InChI=1S/C19H17NO7/c1-11-4-2-3-5-14(11)19(26)27-13-8-6-12(7-9-13)10-15(17(22)23)20-16(21)18(24)25/h2-9,15H,10H2,1H3,(H,20,21)(H,22,23)(H,24,25)/t15-/m1/s1. The Hall–Kier alpha value is -3.68. The van der Waals surface area contributed by atoms with Gasteiger partial charge in [0.2, 0.25) is 0 Å². The third kappa shape index (κ3) is 5.40. The summed E-state index contributed by atoms with van der Waals surface area (Å²) in [7, 11) is 0. The highest BCUT2D eigenvalue weighted by molar-refractivity contribution is 6.31. The van der Waals surface area contributed by atoms with Crippen molar-refractivity contribution in [2.24, 2.45) is 0 Å². The van der Waals surface area contributed by atoms with Crippen LogP contribution in [0.25, 0.3) is 0 Å². The summed E-state index contributed by atoms with van der Waals surface area (Å²) >= 11 is 0. The zero-order chi connectivity index (χ0) is 20.0. The summed E-state index contributed by atoms with van der Waals surface area (Å²) < 4.78 is 5.28. The van der Waals surface area contributed by atoms with Gasteiger partial charge in [-0.25, -0.2) is 14.4 Å². The van der Waals surface area contributed by atoms with Gasteiger partial charge in [0.1, 0.15) is 11.8 Å². The second-order valence-corrected chi connectivity index (χ2v) is 5.72. The molecule has 0 radical (unpaired) electrons. The molecule has 8 nitrogen and oxygen atoms in total. The van der Waals surface area contributed by atoms with Crippen LogP contribution in [0, 0.1) is 6.92 Å².